The van der Waals surface area contributed by atoms with Crippen molar-refractivity contribution >= 4 is 17.4 Å². The lowest BCUT2D eigenvalue weighted by Gasteiger charge is -2.25. The molecule has 1 amide bonds. The van der Waals surface area contributed by atoms with E-state index in [1.165, 1.54) is 4.90 Å². The number of aliphatic hydroxyl groups excluding tert-OH is 1. The molecule has 0 bridgehead atoms. The number of hydrogen-bond acceptors (Lipinski definition) is 6. The van der Waals surface area contributed by atoms with Gasteiger partial charge in [-0.25, -0.2) is 0 Å². The van der Waals surface area contributed by atoms with Crippen molar-refractivity contribution in [2.24, 2.45) is 0 Å². The van der Waals surface area contributed by atoms with Crippen LogP contribution in [0.3, 0.4) is 0 Å². The summed E-state index contributed by atoms with van der Waals surface area (Å²) < 4.78 is 11.6. The monoisotopic (exact) mass is 506 g/mol. The van der Waals surface area contributed by atoms with Gasteiger partial charge in [-0.2, -0.15) is 0 Å². The van der Waals surface area contributed by atoms with Crippen LogP contribution in [0.2, 0.25) is 0 Å². The molecule has 1 fully saturated rings. The maximum Gasteiger partial charge on any atom is 0.295 e. The fourth-order valence-electron chi connectivity index (χ4n) is 4.51. The van der Waals surface area contributed by atoms with E-state index in [0.717, 1.165) is 5.56 Å². The van der Waals surface area contributed by atoms with E-state index in [1.807, 2.05) is 49.4 Å². The second kappa shape index (κ2) is 11.0. The molecular weight excluding hydrogens is 480 g/mol. The Balaban J connectivity index is 1.61. The van der Waals surface area contributed by atoms with E-state index in [2.05, 4.69) is 4.98 Å². The number of ketones is 1. The number of ether oxygens (including phenoxy) is 2. The van der Waals surface area contributed by atoms with E-state index in [0.29, 0.717) is 35.0 Å². The predicted molar refractivity (Wildman–Crippen MR) is 143 cm³/mol. The van der Waals surface area contributed by atoms with Gasteiger partial charge in [0.05, 0.1) is 18.2 Å². The van der Waals surface area contributed by atoms with Crippen LogP contribution in [0.15, 0.2) is 109 Å². The highest BCUT2D eigenvalue weighted by molar-refractivity contribution is 6.46. The molecule has 2 heterocycles. The molecule has 1 atom stereocenters. The number of hydrogen-bond donors (Lipinski definition) is 1. The molecule has 1 aliphatic heterocycles. The molecule has 38 heavy (non-hydrogen) atoms. The Bertz CT molecular complexity index is 1480. The van der Waals surface area contributed by atoms with Gasteiger partial charge in [-0.3, -0.25) is 14.6 Å². The van der Waals surface area contributed by atoms with Gasteiger partial charge in [0.15, 0.2) is 0 Å². The molecule has 1 aromatic heterocycles. The van der Waals surface area contributed by atoms with E-state index in [1.54, 1.807) is 60.9 Å². The summed E-state index contributed by atoms with van der Waals surface area (Å²) in [7, 11) is 0. The molecule has 7 heteroatoms. The zero-order valence-electron chi connectivity index (χ0n) is 20.8. The number of pyridine rings is 1. The zero-order valence-corrected chi connectivity index (χ0v) is 20.8. The quantitative estimate of drug-likeness (QED) is 0.182. The Morgan fingerprint density at radius 3 is 2.42 bits per heavy atom. The number of para-hydroxylation sites is 1. The summed E-state index contributed by atoms with van der Waals surface area (Å²) in [6, 6.07) is 26.1. The zero-order chi connectivity index (χ0) is 26.5. The Morgan fingerprint density at radius 2 is 1.66 bits per heavy atom. The average molecular weight is 507 g/mol. The van der Waals surface area contributed by atoms with Crippen molar-refractivity contribution in [3.05, 3.63) is 126 Å². The number of nitrogens with zero attached hydrogens (tertiary/aromatic N) is 2. The van der Waals surface area contributed by atoms with Crippen molar-refractivity contribution in [2.45, 2.75) is 19.5 Å². The molecule has 1 N–H and O–H groups in total. The van der Waals surface area contributed by atoms with Gasteiger partial charge < -0.3 is 19.5 Å². The number of carbonyl (C=O) groups excluding carboxylic acids is 2. The minimum atomic E-state index is -0.842. The lowest BCUT2D eigenvalue weighted by atomic mass is 9.95. The number of amides is 1. The third kappa shape index (κ3) is 5.13. The number of aliphatic hydroxyl groups is 1. The van der Waals surface area contributed by atoms with Crippen LogP contribution in [-0.2, 0) is 16.1 Å². The summed E-state index contributed by atoms with van der Waals surface area (Å²) in [5.41, 5.74) is 1.78. The second-order valence-electron chi connectivity index (χ2n) is 8.74. The SMILES string of the molecule is CCOc1cccc(C(O)=C2C(=O)C(=O)N(Cc3cccnc3)C2c2cccc(Oc3ccccc3)c2)c1. The van der Waals surface area contributed by atoms with Crippen LogP contribution >= 0.6 is 0 Å². The summed E-state index contributed by atoms with van der Waals surface area (Å²) in [4.78, 5) is 32.3. The van der Waals surface area contributed by atoms with Gasteiger partial charge in [-0.1, -0.05) is 48.5 Å². The molecule has 0 aliphatic carbocycles. The van der Waals surface area contributed by atoms with E-state index >= 15 is 0 Å². The fraction of sp³-hybridized carbons (Fsp3) is 0.129. The maximum atomic E-state index is 13.4. The number of Topliss-reactive ketones (excluding diaryl/α,β-unsaturated/α-hetero) is 1. The first kappa shape index (κ1) is 24.8. The molecule has 190 valence electrons. The molecule has 0 radical (unpaired) electrons. The summed E-state index contributed by atoms with van der Waals surface area (Å²) in [6.45, 7) is 2.46. The first-order chi connectivity index (χ1) is 18.5. The minimum Gasteiger partial charge on any atom is -0.507 e. The molecule has 1 saturated heterocycles. The Labute approximate surface area is 220 Å². The molecule has 1 unspecified atom stereocenters. The van der Waals surface area contributed by atoms with Crippen LogP contribution in [-0.4, -0.2) is 33.3 Å². The normalized spacial score (nSPS) is 16.4. The van der Waals surface area contributed by atoms with E-state index in [-0.39, 0.29) is 17.9 Å². The fourth-order valence-corrected chi connectivity index (χ4v) is 4.51. The van der Waals surface area contributed by atoms with Crippen molar-refractivity contribution in [3.8, 4) is 17.2 Å². The number of likely N-dealkylation sites (tertiary alicyclic amines) is 1. The summed E-state index contributed by atoms with van der Waals surface area (Å²) in [6.07, 6.45) is 3.29. The molecule has 3 aromatic carbocycles. The van der Waals surface area contributed by atoms with Crippen LogP contribution in [0.1, 0.15) is 29.7 Å². The smallest absolute Gasteiger partial charge is 0.295 e. The van der Waals surface area contributed by atoms with Crippen LogP contribution in [0, 0.1) is 0 Å². The highest BCUT2D eigenvalue weighted by Crippen LogP contribution is 2.41. The highest BCUT2D eigenvalue weighted by atomic mass is 16.5. The van der Waals surface area contributed by atoms with Crippen molar-refractivity contribution in [3.63, 3.8) is 0 Å². The van der Waals surface area contributed by atoms with Gasteiger partial charge in [0.2, 0.25) is 0 Å². The Kier molecular flexibility index (Phi) is 7.17. The lowest BCUT2D eigenvalue weighted by Crippen LogP contribution is -2.29. The number of aromatic nitrogens is 1. The highest BCUT2D eigenvalue weighted by Gasteiger charge is 2.46. The standard InChI is InChI=1S/C31H26N2O5/c1-2-37-25-14-7-11-23(18-25)29(34)27-28(33(31(36)30(27)35)20-21-9-8-16-32-19-21)22-10-6-15-26(17-22)38-24-12-4-3-5-13-24/h3-19,28,34H,2,20H2,1H3. The largest absolute Gasteiger partial charge is 0.507 e. The van der Waals surface area contributed by atoms with E-state index in [9.17, 15) is 14.7 Å². The van der Waals surface area contributed by atoms with Crippen LogP contribution in [0.4, 0.5) is 0 Å². The van der Waals surface area contributed by atoms with Crippen molar-refractivity contribution in [2.75, 3.05) is 6.61 Å². The minimum absolute atomic E-state index is 0.00407. The van der Waals surface area contributed by atoms with Gasteiger partial charge >= 0.3 is 0 Å². The van der Waals surface area contributed by atoms with Crippen LogP contribution in [0.5, 0.6) is 17.2 Å². The topological polar surface area (TPSA) is 89.0 Å². The van der Waals surface area contributed by atoms with Gasteiger partial charge in [0.25, 0.3) is 11.7 Å². The van der Waals surface area contributed by atoms with Crippen molar-refractivity contribution < 1.29 is 24.2 Å². The maximum absolute atomic E-state index is 13.4. The molecule has 0 saturated carbocycles. The predicted octanol–water partition coefficient (Wildman–Crippen LogP) is 5.89. The Morgan fingerprint density at radius 1 is 0.895 bits per heavy atom. The van der Waals surface area contributed by atoms with Gasteiger partial charge in [0.1, 0.15) is 23.0 Å². The Hall–Kier alpha value is -4.91. The summed E-state index contributed by atoms with van der Waals surface area (Å²) in [5.74, 6) is 0.0260. The lowest BCUT2D eigenvalue weighted by molar-refractivity contribution is -0.140. The van der Waals surface area contributed by atoms with Crippen molar-refractivity contribution in [1.29, 1.82) is 0 Å². The number of benzene rings is 3. The van der Waals surface area contributed by atoms with Crippen LogP contribution < -0.4 is 9.47 Å². The molecule has 0 spiro atoms. The molecule has 1 aliphatic rings. The first-order valence-electron chi connectivity index (χ1n) is 12.3. The molecule has 5 rings (SSSR count). The van der Waals surface area contributed by atoms with Crippen LogP contribution in [0.25, 0.3) is 5.76 Å². The van der Waals surface area contributed by atoms with E-state index < -0.39 is 17.7 Å². The average Bonchev–Trinajstić information content (AvgIpc) is 3.19. The molecule has 4 aromatic rings. The third-order valence-electron chi connectivity index (χ3n) is 6.19. The number of carbonyl (C=O) groups is 2. The summed E-state index contributed by atoms with van der Waals surface area (Å²) >= 11 is 0. The summed E-state index contributed by atoms with van der Waals surface area (Å²) in [5, 5.41) is 11.4. The number of rotatable bonds is 8. The van der Waals surface area contributed by atoms with Gasteiger partial charge in [-0.15, -0.1) is 0 Å². The molecule has 7 nitrogen and oxygen atoms in total. The van der Waals surface area contributed by atoms with E-state index in [4.69, 9.17) is 9.47 Å². The van der Waals surface area contributed by atoms with Gasteiger partial charge in [0, 0.05) is 24.5 Å². The van der Waals surface area contributed by atoms with Crippen molar-refractivity contribution in [1.82, 2.24) is 9.88 Å². The molecular formula is C31H26N2O5. The third-order valence-corrected chi connectivity index (χ3v) is 6.19. The van der Waals surface area contributed by atoms with Gasteiger partial charge in [-0.05, 0) is 60.5 Å². The second-order valence-corrected chi connectivity index (χ2v) is 8.74. The first-order valence-corrected chi connectivity index (χ1v) is 12.3.